The van der Waals surface area contributed by atoms with Crippen LogP contribution in [0.15, 0.2) is 30.5 Å². The van der Waals surface area contributed by atoms with Gasteiger partial charge >= 0.3 is 0 Å². The zero-order valence-corrected chi connectivity index (χ0v) is 13.7. The van der Waals surface area contributed by atoms with Crippen LogP contribution in [0.2, 0.25) is 10.0 Å². The number of rotatable bonds is 5. The van der Waals surface area contributed by atoms with E-state index in [0.717, 1.165) is 6.42 Å². The molecule has 2 rings (SSSR count). The third kappa shape index (κ3) is 4.32. The van der Waals surface area contributed by atoms with Gasteiger partial charge in [0.2, 0.25) is 5.95 Å². The summed E-state index contributed by atoms with van der Waals surface area (Å²) in [6, 6.07) is 6.66. The monoisotopic (exact) mass is 338 g/mol. The number of anilines is 2. The number of hydrogen-bond donors (Lipinski definition) is 2. The second-order valence-electron chi connectivity index (χ2n) is 4.80. The van der Waals surface area contributed by atoms with Crippen LogP contribution in [0.3, 0.4) is 0 Å². The Balaban J connectivity index is 2.12. The molecule has 1 heterocycles. The van der Waals surface area contributed by atoms with Crippen LogP contribution in [0.4, 0.5) is 11.6 Å². The van der Waals surface area contributed by atoms with E-state index in [1.807, 2.05) is 6.92 Å². The molecule has 1 atom stereocenters. The first-order valence-corrected chi connectivity index (χ1v) is 7.61. The van der Waals surface area contributed by atoms with Crippen LogP contribution in [-0.2, 0) is 0 Å². The smallest absolute Gasteiger partial charge is 0.274 e. The lowest BCUT2D eigenvalue weighted by Gasteiger charge is -2.11. The van der Waals surface area contributed by atoms with Crippen LogP contribution in [0.5, 0.6) is 0 Å². The van der Waals surface area contributed by atoms with Gasteiger partial charge in [0.1, 0.15) is 5.69 Å². The van der Waals surface area contributed by atoms with Crippen molar-refractivity contribution in [1.29, 1.82) is 0 Å². The van der Waals surface area contributed by atoms with E-state index in [1.165, 1.54) is 0 Å². The number of hydrogen-bond acceptors (Lipinski definition) is 4. The van der Waals surface area contributed by atoms with Crippen LogP contribution in [0, 0.1) is 0 Å². The Morgan fingerprint density at radius 2 is 2.05 bits per heavy atom. The van der Waals surface area contributed by atoms with Gasteiger partial charge in [-0.3, -0.25) is 4.79 Å². The third-order valence-electron chi connectivity index (χ3n) is 3.05. The molecule has 0 aliphatic heterocycles. The van der Waals surface area contributed by atoms with Gasteiger partial charge < -0.3 is 10.6 Å². The number of aromatic nitrogens is 2. The summed E-state index contributed by atoms with van der Waals surface area (Å²) < 4.78 is 0. The molecule has 1 aromatic carbocycles. The zero-order chi connectivity index (χ0) is 16.1. The minimum Gasteiger partial charge on any atom is -0.352 e. The molecular weight excluding hydrogens is 323 g/mol. The molecule has 7 heteroatoms. The highest BCUT2D eigenvalue weighted by molar-refractivity contribution is 6.42. The summed E-state index contributed by atoms with van der Waals surface area (Å²) in [4.78, 5) is 20.5. The van der Waals surface area contributed by atoms with Crippen molar-refractivity contribution in [3.8, 4) is 0 Å². The molecule has 116 valence electrons. The summed E-state index contributed by atoms with van der Waals surface area (Å²) >= 11 is 11.8. The summed E-state index contributed by atoms with van der Waals surface area (Å²) in [5, 5.41) is 6.66. The first-order valence-electron chi connectivity index (χ1n) is 6.85. The number of nitrogens with one attached hydrogen (secondary N) is 2. The summed E-state index contributed by atoms with van der Waals surface area (Å²) in [6.07, 6.45) is 2.48. The highest BCUT2D eigenvalue weighted by atomic mass is 35.5. The predicted molar refractivity (Wildman–Crippen MR) is 89.8 cm³/mol. The maximum Gasteiger partial charge on any atom is 0.274 e. The fourth-order valence-corrected chi connectivity index (χ4v) is 1.94. The lowest BCUT2D eigenvalue weighted by molar-refractivity contribution is 0.102. The molecule has 1 aromatic heterocycles. The fraction of sp³-hybridized carbons (Fsp3) is 0.267. The molecule has 0 bridgehead atoms. The first kappa shape index (κ1) is 16.5. The van der Waals surface area contributed by atoms with Crippen LogP contribution in [-0.4, -0.2) is 21.9 Å². The van der Waals surface area contributed by atoms with Gasteiger partial charge in [-0.05, 0) is 37.6 Å². The molecule has 2 N–H and O–H groups in total. The maximum atomic E-state index is 12.2. The number of amides is 1. The van der Waals surface area contributed by atoms with Crippen LogP contribution >= 0.6 is 23.2 Å². The van der Waals surface area contributed by atoms with Crippen molar-refractivity contribution in [3.63, 3.8) is 0 Å². The molecule has 0 saturated heterocycles. The van der Waals surface area contributed by atoms with Gasteiger partial charge in [0.25, 0.3) is 5.91 Å². The van der Waals surface area contributed by atoms with Crippen LogP contribution < -0.4 is 10.6 Å². The molecule has 0 saturated carbocycles. The quantitative estimate of drug-likeness (QED) is 0.855. The van der Waals surface area contributed by atoms with Crippen molar-refractivity contribution >= 4 is 40.7 Å². The summed E-state index contributed by atoms with van der Waals surface area (Å²) in [5.74, 6) is 0.0872. The Kier molecular flexibility index (Phi) is 5.57. The molecular formula is C15H16Cl2N4O. The van der Waals surface area contributed by atoms with Gasteiger partial charge in [-0.2, -0.15) is 0 Å². The summed E-state index contributed by atoms with van der Waals surface area (Å²) in [7, 11) is 0. The zero-order valence-electron chi connectivity index (χ0n) is 12.2. The normalized spacial score (nSPS) is 11.8. The van der Waals surface area contributed by atoms with Gasteiger partial charge in [-0.25, -0.2) is 9.97 Å². The Morgan fingerprint density at radius 3 is 2.73 bits per heavy atom. The Hall–Kier alpha value is -1.85. The van der Waals surface area contributed by atoms with Crippen molar-refractivity contribution in [2.75, 3.05) is 10.6 Å². The second kappa shape index (κ2) is 7.42. The lowest BCUT2D eigenvalue weighted by Crippen LogP contribution is -2.19. The standard InChI is InChI=1S/C15H16Cl2N4O/c1-3-9(2)19-15-18-7-6-13(21-15)14(22)20-10-4-5-11(16)12(17)8-10/h4-9H,3H2,1-2H3,(H,20,22)(H,18,19,21). The number of halogens is 2. The van der Waals surface area contributed by atoms with Crippen molar-refractivity contribution in [2.45, 2.75) is 26.3 Å². The van der Waals surface area contributed by atoms with Gasteiger partial charge in [-0.15, -0.1) is 0 Å². The number of benzene rings is 1. The van der Waals surface area contributed by atoms with Crippen molar-refractivity contribution < 1.29 is 4.79 Å². The maximum absolute atomic E-state index is 12.2. The van der Waals surface area contributed by atoms with E-state index in [9.17, 15) is 4.79 Å². The molecule has 22 heavy (non-hydrogen) atoms. The van der Waals surface area contributed by atoms with E-state index in [4.69, 9.17) is 23.2 Å². The van der Waals surface area contributed by atoms with Crippen LogP contribution in [0.25, 0.3) is 0 Å². The minimum atomic E-state index is -0.340. The first-order chi connectivity index (χ1) is 10.5. The molecule has 0 aliphatic rings. The SMILES string of the molecule is CCC(C)Nc1nccc(C(=O)Nc2ccc(Cl)c(Cl)c2)n1. The highest BCUT2D eigenvalue weighted by Gasteiger charge is 2.11. The highest BCUT2D eigenvalue weighted by Crippen LogP contribution is 2.25. The third-order valence-corrected chi connectivity index (χ3v) is 3.79. The lowest BCUT2D eigenvalue weighted by atomic mass is 10.3. The van der Waals surface area contributed by atoms with Crippen LogP contribution in [0.1, 0.15) is 30.8 Å². The molecule has 2 aromatic rings. The number of carbonyl (C=O) groups excluding carboxylic acids is 1. The van der Waals surface area contributed by atoms with Gasteiger partial charge in [0, 0.05) is 17.9 Å². The molecule has 5 nitrogen and oxygen atoms in total. The average Bonchev–Trinajstić information content (AvgIpc) is 2.51. The molecule has 1 amide bonds. The average molecular weight is 339 g/mol. The Morgan fingerprint density at radius 1 is 1.27 bits per heavy atom. The van der Waals surface area contributed by atoms with Gasteiger partial charge in [-0.1, -0.05) is 30.1 Å². The molecule has 0 aliphatic carbocycles. The van der Waals surface area contributed by atoms with Crippen molar-refractivity contribution in [2.24, 2.45) is 0 Å². The van der Waals surface area contributed by atoms with E-state index in [0.29, 0.717) is 21.7 Å². The van der Waals surface area contributed by atoms with E-state index in [2.05, 4.69) is 27.5 Å². The van der Waals surface area contributed by atoms with Gasteiger partial charge in [0.05, 0.1) is 10.0 Å². The minimum absolute atomic E-state index is 0.230. The molecule has 1 unspecified atom stereocenters. The largest absolute Gasteiger partial charge is 0.352 e. The molecule has 0 spiro atoms. The summed E-state index contributed by atoms with van der Waals surface area (Å²) in [6.45, 7) is 4.07. The second-order valence-corrected chi connectivity index (χ2v) is 5.62. The molecule has 0 fully saturated rings. The topological polar surface area (TPSA) is 66.9 Å². The molecule has 0 radical (unpaired) electrons. The number of nitrogens with zero attached hydrogens (tertiary/aromatic N) is 2. The van der Waals surface area contributed by atoms with E-state index in [1.54, 1.807) is 30.5 Å². The predicted octanol–water partition coefficient (Wildman–Crippen LogP) is 4.25. The van der Waals surface area contributed by atoms with Crippen molar-refractivity contribution in [3.05, 3.63) is 46.2 Å². The number of carbonyl (C=O) groups is 1. The van der Waals surface area contributed by atoms with Gasteiger partial charge in [0.15, 0.2) is 0 Å². The Bertz CT molecular complexity index is 678. The van der Waals surface area contributed by atoms with E-state index in [-0.39, 0.29) is 17.6 Å². The fourth-order valence-electron chi connectivity index (χ4n) is 1.65. The Labute approximate surface area is 139 Å². The van der Waals surface area contributed by atoms with E-state index >= 15 is 0 Å². The van der Waals surface area contributed by atoms with E-state index < -0.39 is 0 Å². The summed E-state index contributed by atoms with van der Waals surface area (Å²) in [5.41, 5.74) is 0.821. The van der Waals surface area contributed by atoms with Crippen molar-refractivity contribution in [1.82, 2.24) is 9.97 Å².